The van der Waals surface area contributed by atoms with Gasteiger partial charge in [0, 0.05) is 57.2 Å². The third kappa shape index (κ3) is 16.4. The fourth-order valence-corrected chi connectivity index (χ4v) is 10.9. The van der Waals surface area contributed by atoms with Gasteiger partial charge in [-0.3, -0.25) is 19.2 Å². The van der Waals surface area contributed by atoms with Crippen LogP contribution in [0.2, 0.25) is 0 Å². The van der Waals surface area contributed by atoms with Crippen LogP contribution in [0.1, 0.15) is 78.1 Å². The number of carbonyl (C=O) groups excluding carboxylic acids is 5. The number of aliphatic carboxylic acids is 1. The summed E-state index contributed by atoms with van der Waals surface area (Å²) in [6.07, 6.45) is -19.2. The van der Waals surface area contributed by atoms with Gasteiger partial charge in [-0.2, -0.15) is 11.8 Å². The molecular formula is C44H74N6O22S. The number of fused-ring (bicyclic) bond motifs is 1. The minimum atomic E-state index is -2.88. The summed E-state index contributed by atoms with van der Waals surface area (Å²) < 4.78 is 34.3. The Morgan fingerprint density at radius 3 is 2.08 bits per heavy atom. The van der Waals surface area contributed by atoms with E-state index in [0.717, 1.165) is 45.3 Å². The molecule has 0 radical (unpaired) electrons. The van der Waals surface area contributed by atoms with Crippen LogP contribution in [-0.4, -0.2) is 247 Å². The van der Waals surface area contributed by atoms with E-state index in [-0.39, 0.29) is 55.9 Å². The normalized spacial score (nSPS) is 36.0. The first kappa shape index (κ1) is 60.2. The molecule has 73 heavy (non-hydrogen) atoms. The van der Waals surface area contributed by atoms with Crippen molar-refractivity contribution in [2.24, 2.45) is 0 Å². The summed E-state index contributed by atoms with van der Waals surface area (Å²) in [6, 6.07) is -2.68. The van der Waals surface area contributed by atoms with Crippen LogP contribution in [-0.2, 0) is 52.4 Å². The molecule has 5 aliphatic rings. The molecule has 5 saturated heterocycles. The second kappa shape index (κ2) is 28.5. The maximum atomic E-state index is 12.7. The van der Waals surface area contributed by atoms with E-state index in [1.165, 1.54) is 0 Å². The van der Waals surface area contributed by atoms with Crippen LogP contribution < -0.4 is 31.9 Å². The van der Waals surface area contributed by atoms with Crippen LogP contribution in [0.5, 0.6) is 0 Å². The van der Waals surface area contributed by atoms with Gasteiger partial charge in [0.25, 0.3) is 5.79 Å². The highest BCUT2D eigenvalue weighted by atomic mass is 32.2. The first-order valence-electron chi connectivity index (χ1n) is 24.6. The molecular weight excluding hydrogens is 997 g/mol. The number of nitrogens with one attached hydrogen (secondary N) is 6. The van der Waals surface area contributed by atoms with Crippen molar-refractivity contribution < 1.29 is 108 Å². The molecule has 0 bridgehead atoms. The second-order valence-corrected chi connectivity index (χ2v) is 20.1. The highest BCUT2D eigenvalue weighted by molar-refractivity contribution is 8.00. The van der Waals surface area contributed by atoms with Gasteiger partial charge in [-0.1, -0.05) is 12.8 Å². The fourth-order valence-electron chi connectivity index (χ4n) is 9.35. The maximum Gasteiger partial charge on any atom is 0.364 e. The van der Waals surface area contributed by atoms with E-state index in [4.69, 9.17) is 28.4 Å². The lowest BCUT2D eigenvalue weighted by atomic mass is 9.88. The first-order chi connectivity index (χ1) is 34.7. The van der Waals surface area contributed by atoms with Crippen molar-refractivity contribution in [3.63, 3.8) is 0 Å². The number of aliphatic hydroxyl groups is 9. The number of carbonyl (C=O) groups is 6. The molecule has 6 amide bonds. The lowest BCUT2D eigenvalue weighted by molar-refractivity contribution is -0.360. The van der Waals surface area contributed by atoms with Crippen LogP contribution in [0.15, 0.2) is 0 Å². The molecule has 0 saturated carbocycles. The molecule has 0 aromatic carbocycles. The van der Waals surface area contributed by atoms with Gasteiger partial charge in [0.1, 0.15) is 67.1 Å². The molecule has 29 heteroatoms. The summed E-state index contributed by atoms with van der Waals surface area (Å²) in [5.74, 6) is -5.47. The van der Waals surface area contributed by atoms with Gasteiger partial charge in [-0.25, -0.2) is 9.59 Å². The number of urea groups is 1. The quantitative estimate of drug-likeness (QED) is 0.0256. The molecule has 5 aliphatic heterocycles. The molecule has 0 spiro atoms. The SMILES string of the molecule is CC(=O)NC1[C@H](OCCCNC(=O)CCCCCNC(=O)CCCCC2SCC3NC(=O)N[C@@H]32)OC(CO)[C@@H](O[C@@H]2OC(CO[C@]3(C(=O)O)CC(O)[C@@H](NC(C)=O)C([C@H](O)[C@H](O)CO)O3)[C@H](O)[C@H](O)C2O)[C@@H]1O. The van der Waals surface area contributed by atoms with E-state index in [1.807, 2.05) is 11.8 Å². The van der Waals surface area contributed by atoms with Crippen LogP contribution >= 0.6 is 11.8 Å². The minimum Gasteiger partial charge on any atom is -0.477 e. The lowest BCUT2D eigenvalue weighted by Gasteiger charge is -2.48. The molecule has 0 aromatic heterocycles. The molecule has 28 nitrogen and oxygen atoms in total. The highest BCUT2D eigenvalue weighted by Gasteiger charge is 2.57. The zero-order valence-corrected chi connectivity index (χ0v) is 41.5. The summed E-state index contributed by atoms with van der Waals surface area (Å²) >= 11 is 1.85. The number of hydrogen-bond donors (Lipinski definition) is 16. The Labute approximate surface area is 424 Å². The molecule has 5 fully saturated rings. The zero-order valence-electron chi connectivity index (χ0n) is 40.7. The van der Waals surface area contributed by atoms with E-state index in [9.17, 15) is 79.8 Å². The predicted octanol–water partition coefficient (Wildman–Crippen LogP) is -6.15. The summed E-state index contributed by atoms with van der Waals surface area (Å²) in [7, 11) is 0. The molecule has 5 rings (SSSR count). The number of amides is 6. The number of hydrogen-bond acceptors (Lipinski definition) is 22. The topological polar surface area (TPSA) is 432 Å². The van der Waals surface area contributed by atoms with E-state index in [0.29, 0.717) is 31.1 Å². The molecule has 5 heterocycles. The Morgan fingerprint density at radius 2 is 1.44 bits per heavy atom. The monoisotopic (exact) mass is 1070 g/mol. The van der Waals surface area contributed by atoms with E-state index >= 15 is 0 Å². The van der Waals surface area contributed by atoms with Crippen molar-refractivity contribution in [2.45, 2.75) is 193 Å². The van der Waals surface area contributed by atoms with Crippen molar-refractivity contribution in [2.75, 3.05) is 45.3 Å². The van der Waals surface area contributed by atoms with Crippen LogP contribution in [0.25, 0.3) is 0 Å². The highest BCUT2D eigenvalue weighted by Crippen LogP contribution is 2.36. The molecule has 16 N–H and O–H groups in total. The Balaban J connectivity index is 1.04. The minimum absolute atomic E-state index is 0.0217. The largest absolute Gasteiger partial charge is 0.477 e. The van der Waals surface area contributed by atoms with E-state index < -0.39 is 142 Å². The van der Waals surface area contributed by atoms with Crippen molar-refractivity contribution in [3.05, 3.63) is 0 Å². The standard InChI is InChI=1S/C44H74N6O22S/c1-20(53)47-31-23(55)15-44(42(64)65,72-39(31)33(59)24(56)16-51)68-18-26-34(60)36(62)37(63)41(70-26)71-38-25(17-52)69-40(32(35(38)61)48-21(2)54)67-14-8-13-46-28(57)10-4-3-7-12-45-29(58)11-6-5-9-27-30-22(19-73-27)49-43(66)50-30/h22-27,30-41,51-52,55-56,59-63H,3-19H2,1-2H3,(H,45,58)(H,46,57)(H,47,53)(H,48,54)(H,64,65)(H2,49,50,66)/t22?,23?,24-,25?,26?,27?,30+,31-,32?,33-,34+,35-,36+,37?,38-,39?,40-,41+,44-/m1/s1. The van der Waals surface area contributed by atoms with E-state index in [2.05, 4.69) is 31.9 Å². The van der Waals surface area contributed by atoms with Crippen LogP contribution in [0.4, 0.5) is 4.79 Å². The average molecular weight is 1070 g/mol. The van der Waals surface area contributed by atoms with Gasteiger partial charge in [0.15, 0.2) is 12.6 Å². The van der Waals surface area contributed by atoms with E-state index in [1.54, 1.807) is 0 Å². The van der Waals surface area contributed by atoms with Crippen molar-refractivity contribution >= 4 is 47.4 Å². The van der Waals surface area contributed by atoms with Gasteiger partial charge in [0.05, 0.1) is 50.7 Å². The average Bonchev–Trinajstić information content (AvgIpc) is 3.91. The molecule has 0 aromatic rings. The summed E-state index contributed by atoms with van der Waals surface area (Å²) in [6.45, 7) is -0.0344. The van der Waals surface area contributed by atoms with Gasteiger partial charge < -0.3 is 111 Å². The summed E-state index contributed by atoms with van der Waals surface area (Å²) in [5.41, 5.74) is 0. The Kier molecular flexibility index (Phi) is 23.5. The van der Waals surface area contributed by atoms with Gasteiger partial charge in [-0.15, -0.1) is 0 Å². The fraction of sp³-hybridized carbons (Fsp3) is 0.864. The molecule has 8 unspecified atom stereocenters. The van der Waals surface area contributed by atoms with Crippen molar-refractivity contribution in [1.29, 1.82) is 0 Å². The first-order valence-corrected chi connectivity index (χ1v) is 25.6. The number of carboxylic acid groups (broad SMARTS) is 1. The van der Waals surface area contributed by atoms with Crippen LogP contribution in [0, 0.1) is 0 Å². The van der Waals surface area contributed by atoms with Gasteiger partial charge in [0.2, 0.25) is 23.6 Å². The van der Waals surface area contributed by atoms with Crippen molar-refractivity contribution in [3.8, 4) is 0 Å². The number of ether oxygens (including phenoxy) is 6. The third-order valence-corrected chi connectivity index (χ3v) is 14.8. The number of rotatable bonds is 28. The smallest absolute Gasteiger partial charge is 0.364 e. The summed E-state index contributed by atoms with van der Waals surface area (Å²) in [4.78, 5) is 73.2. The third-order valence-electron chi connectivity index (χ3n) is 13.3. The lowest BCUT2D eigenvalue weighted by Crippen LogP contribution is -2.69. The number of carboxylic acids is 1. The maximum absolute atomic E-state index is 12.7. The van der Waals surface area contributed by atoms with Crippen LogP contribution in [0.3, 0.4) is 0 Å². The molecule has 418 valence electrons. The van der Waals surface area contributed by atoms with Crippen molar-refractivity contribution in [1.82, 2.24) is 31.9 Å². The zero-order chi connectivity index (χ0) is 53.6. The number of unbranched alkanes of at least 4 members (excludes halogenated alkanes) is 3. The van der Waals surface area contributed by atoms with Gasteiger partial charge >= 0.3 is 12.0 Å². The Morgan fingerprint density at radius 1 is 0.795 bits per heavy atom. The number of thioether (sulfide) groups is 1. The molecule has 19 atom stereocenters. The molecule has 0 aliphatic carbocycles. The Bertz CT molecular complexity index is 1830. The Hall–Kier alpha value is -3.63. The second-order valence-electron chi connectivity index (χ2n) is 18.9. The predicted molar refractivity (Wildman–Crippen MR) is 248 cm³/mol. The summed E-state index contributed by atoms with van der Waals surface area (Å²) in [5, 5.41) is 123. The van der Waals surface area contributed by atoms with Gasteiger partial charge in [-0.05, 0) is 32.1 Å². The number of aliphatic hydroxyl groups excluding tert-OH is 9.